The van der Waals surface area contributed by atoms with Crippen LogP contribution in [0.15, 0.2) is 36.4 Å². The first-order valence-corrected chi connectivity index (χ1v) is 7.14. The Hall–Kier alpha value is -2.69. The number of rotatable bonds is 3. The fraction of sp³-hybridized carbons (Fsp3) is 0.235. The van der Waals surface area contributed by atoms with E-state index in [0.29, 0.717) is 11.6 Å². The quantitative estimate of drug-likeness (QED) is 0.750. The molecule has 0 aliphatic rings. The summed E-state index contributed by atoms with van der Waals surface area (Å²) in [7, 11) is 1.33. The third-order valence-electron chi connectivity index (χ3n) is 3.59. The molecule has 0 radical (unpaired) electrons. The van der Waals surface area contributed by atoms with Crippen molar-refractivity contribution in [2.75, 3.05) is 7.11 Å². The number of aromatic amines is 1. The van der Waals surface area contributed by atoms with Gasteiger partial charge in [-0.05, 0) is 23.6 Å². The number of aromatic nitrogens is 3. The largest absolute Gasteiger partial charge is 0.464 e. The summed E-state index contributed by atoms with van der Waals surface area (Å²) in [4.78, 5) is 23.4. The molecule has 0 spiro atoms. The van der Waals surface area contributed by atoms with Gasteiger partial charge in [0.15, 0.2) is 11.3 Å². The molecule has 1 aromatic carbocycles. The zero-order chi connectivity index (χ0) is 15.7. The molecule has 0 saturated carbocycles. The average Bonchev–Trinajstić information content (AvgIpc) is 2.97. The van der Waals surface area contributed by atoms with Gasteiger partial charge in [-0.25, -0.2) is 14.8 Å². The van der Waals surface area contributed by atoms with Gasteiger partial charge >= 0.3 is 5.97 Å². The number of hydrogen-bond acceptors (Lipinski definition) is 4. The van der Waals surface area contributed by atoms with Gasteiger partial charge < -0.3 is 9.72 Å². The number of imidazole rings is 1. The minimum Gasteiger partial charge on any atom is -0.464 e. The molecule has 0 saturated heterocycles. The van der Waals surface area contributed by atoms with E-state index < -0.39 is 5.97 Å². The molecule has 3 rings (SSSR count). The Balaban J connectivity index is 1.99. The second kappa shape index (κ2) is 5.60. The number of ether oxygens (including phenoxy) is 1. The van der Waals surface area contributed by atoms with Crippen molar-refractivity contribution in [3.63, 3.8) is 0 Å². The molecular weight excluding hydrogens is 278 g/mol. The minimum atomic E-state index is -0.465. The number of pyridine rings is 1. The van der Waals surface area contributed by atoms with Gasteiger partial charge in [0.1, 0.15) is 5.82 Å². The lowest BCUT2D eigenvalue weighted by Gasteiger charge is -2.05. The Bertz CT molecular complexity index is 820. The van der Waals surface area contributed by atoms with Crippen LogP contribution in [0, 0.1) is 0 Å². The second-order valence-corrected chi connectivity index (χ2v) is 5.42. The Labute approximate surface area is 128 Å². The predicted octanol–water partition coefficient (Wildman–Crippen LogP) is 3.53. The monoisotopic (exact) mass is 295 g/mol. The Morgan fingerprint density at radius 3 is 2.45 bits per heavy atom. The highest BCUT2D eigenvalue weighted by molar-refractivity contribution is 5.90. The molecule has 0 amide bonds. The van der Waals surface area contributed by atoms with Gasteiger partial charge in [0.2, 0.25) is 0 Å². The van der Waals surface area contributed by atoms with Crippen molar-refractivity contribution in [1.29, 1.82) is 0 Å². The molecule has 0 bridgehead atoms. The van der Waals surface area contributed by atoms with Crippen LogP contribution in [0.25, 0.3) is 22.6 Å². The van der Waals surface area contributed by atoms with Crippen LogP contribution in [0.4, 0.5) is 0 Å². The zero-order valence-corrected chi connectivity index (χ0v) is 12.8. The summed E-state index contributed by atoms with van der Waals surface area (Å²) in [6.07, 6.45) is 0. The standard InChI is InChI=1S/C17H17N3O2/c1-10(2)11-4-6-12(7-5-11)15-18-13-8-9-14(17(21)22-3)19-16(13)20-15/h4-10H,1-3H3,(H,18,19,20). The van der Waals surface area contributed by atoms with Crippen LogP contribution >= 0.6 is 0 Å². The number of methoxy groups -OCH3 is 1. The number of carbonyl (C=O) groups excluding carboxylic acids is 1. The van der Waals surface area contributed by atoms with E-state index in [0.717, 1.165) is 16.9 Å². The first-order valence-electron chi connectivity index (χ1n) is 7.14. The van der Waals surface area contributed by atoms with Crippen LogP contribution in [0.1, 0.15) is 35.8 Å². The number of fused-ring (bicyclic) bond motifs is 1. The van der Waals surface area contributed by atoms with E-state index in [2.05, 4.69) is 45.7 Å². The fourth-order valence-corrected chi connectivity index (χ4v) is 2.27. The van der Waals surface area contributed by atoms with Gasteiger partial charge in [-0.2, -0.15) is 0 Å². The molecule has 2 heterocycles. The second-order valence-electron chi connectivity index (χ2n) is 5.42. The molecular formula is C17H17N3O2. The normalized spacial score (nSPS) is 11.1. The lowest BCUT2D eigenvalue weighted by Crippen LogP contribution is -2.03. The third kappa shape index (κ3) is 2.57. The summed E-state index contributed by atoms with van der Waals surface area (Å²) in [5.41, 5.74) is 3.82. The van der Waals surface area contributed by atoms with Crippen molar-refractivity contribution in [1.82, 2.24) is 15.0 Å². The topological polar surface area (TPSA) is 67.9 Å². The molecule has 0 aliphatic carbocycles. The molecule has 0 fully saturated rings. The highest BCUT2D eigenvalue weighted by Crippen LogP contribution is 2.22. The van der Waals surface area contributed by atoms with Crippen LogP contribution < -0.4 is 0 Å². The highest BCUT2D eigenvalue weighted by atomic mass is 16.5. The minimum absolute atomic E-state index is 0.253. The van der Waals surface area contributed by atoms with E-state index in [9.17, 15) is 4.79 Å². The predicted molar refractivity (Wildman–Crippen MR) is 84.8 cm³/mol. The lowest BCUT2D eigenvalue weighted by molar-refractivity contribution is 0.0594. The van der Waals surface area contributed by atoms with E-state index in [-0.39, 0.29) is 5.69 Å². The van der Waals surface area contributed by atoms with E-state index in [1.54, 1.807) is 12.1 Å². The molecule has 0 unspecified atom stereocenters. The highest BCUT2D eigenvalue weighted by Gasteiger charge is 2.11. The summed E-state index contributed by atoms with van der Waals surface area (Å²) in [5, 5.41) is 0. The SMILES string of the molecule is COC(=O)c1ccc2[nH]c(-c3ccc(C(C)C)cc3)nc2n1. The van der Waals surface area contributed by atoms with Gasteiger partial charge in [0.25, 0.3) is 0 Å². The summed E-state index contributed by atoms with van der Waals surface area (Å²) >= 11 is 0. The van der Waals surface area contributed by atoms with Crippen LogP contribution in [0.3, 0.4) is 0 Å². The summed E-state index contributed by atoms with van der Waals surface area (Å²) in [5.74, 6) is 0.765. The van der Waals surface area contributed by atoms with Crippen LogP contribution in [-0.4, -0.2) is 28.0 Å². The van der Waals surface area contributed by atoms with Crippen molar-refractivity contribution in [3.8, 4) is 11.4 Å². The first kappa shape index (κ1) is 14.3. The summed E-state index contributed by atoms with van der Waals surface area (Å²) in [6.45, 7) is 4.32. The van der Waals surface area contributed by atoms with E-state index in [1.807, 2.05) is 12.1 Å². The van der Waals surface area contributed by atoms with E-state index >= 15 is 0 Å². The van der Waals surface area contributed by atoms with Crippen LogP contribution in [-0.2, 0) is 4.74 Å². The smallest absolute Gasteiger partial charge is 0.356 e. The van der Waals surface area contributed by atoms with Gasteiger partial charge in [0.05, 0.1) is 12.6 Å². The number of hydrogen-bond donors (Lipinski definition) is 1. The maximum atomic E-state index is 11.5. The number of H-pyrrole nitrogens is 1. The molecule has 3 aromatic rings. The molecule has 5 nitrogen and oxygen atoms in total. The molecule has 2 aromatic heterocycles. The Morgan fingerprint density at radius 2 is 1.82 bits per heavy atom. The Morgan fingerprint density at radius 1 is 1.09 bits per heavy atom. The number of esters is 1. The Kier molecular flexibility index (Phi) is 3.63. The molecule has 1 N–H and O–H groups in total. The lowest BCUT2D eigenvalue weighted by atomic mass is 10.0. The van der Waals surface area contributed by atoms with Gasteiger partial charge in [-0.1, -0.05) is 38.1 Å². The van der Waals surface area contributed by atoms with Gasteiger partial charge in [-0.3, -0.25) is 0 Å². The van der Waals surface area contributed by atoms with Gasteiger partial charge in [-0.15, -0.1) is 0 Å². The molecule has 5 heteroatoms. The van der Waals surface area contributed by atoms with E-state index in [1.165, 1.54) is 12.7 Å². The van der Waals surface area contributed by atoms with Crippen molar-refractivity contribution in [2.45, 2.75) is 19.8 Å². The summed E-state index contributed by atoms with van der Waals surface area (Å²) < 4.78 is 4.67. The number of nitrogens with zero attached hydrogens (tertiary/aromatic N) is 2. The van der Waals surface area contributed by atoms with Crippen molar-refractivity contribution >= 4 is 17.1 Å². The fourth-order valence-electron chi connectivity index (χ4n) is 2.27. The van der Waals surface area contributed by atoms with Gasteiger partial charge in [0, 0.05) is 5.56 Å². The number of carbonyl (C=O) groups is 1. The zero-order valence-electron chi connectivity index (χ0n) is 12.8. The molecule has 0 atom stereocenters. The van der Waals surface area contributed by atoms with Crippen molar-refractivity contribution in [2.24, 2.45) is 0 Å². The molecule has 22 heavy (non-hydrogen) atoms. The van der Waals surface area contributed by atoms with Crippen LogP contribution in [0.5, 0.6) is 0 Å². The van der Waals surface area contributed by atoms with Crippen molar-refractivity contribution < 1.29 is 9.53 Å². The number of nitrogens with one attached hydrogen (secondary N) is 1. The van der Waals surface area contributed by atoms with Crippen molar-refractivity contribution in [3.05, 3.63) is 47.7 Å². The average molecular weight is 295 g/mol. The summed E-state index contributed by atoms with van der Waals surface area (Å²) in [6, 6.07) is 11.7. The molecule has 0 aliphatic heterocycles. The van der Waals surface area contributed by atoms with E-state index in [4.69, 9.17) is 0 Å². The number of benzene rings is 1. The maximum Gasteiger partial charge on any atom is 0.356 e. The first-order chi connectivity index (χ1) is 10.6. The van der Waals surface area contributed by atoms with Crippen LogP contribution in [0.2, 0.25) is 0 Å². The maximum absolute atomic E-state index is 11.5. The third-order valence-corrected chi connectivity index (χ3v) is 3.59. The molecule has 112 valence electrons.